The molecule has 1 aromatic heterocycles. The molecule has 0 bridgehead atoms. The summed E-state index contributed by atoms with van der Waals surface area (Å²) in [6, 6.07) is 8.31. The molecular formula is C23H15F3N4O4S. The summed E-state index contributed by atoms with van der Waals surface area (Å²) in [5, 5.41) is 18.7. The zero-order valence-electron chi connectivity index (χ0n) is 17.7. The molecular weight excluding hydrogens is 485 g/mol. The predicted molar refractivity (Wildman–Crippen MR) is 119 cm³/mol. The van der Waals surface area contributed by atoms with Gasteiger partial charge in [-0.25, -0.2) is 4.98 Å². The number of carbonyl (C=O) groups excluding carboxylic acids is 2. The number of thioether (sulfide) groups is 1. The van der Waals surface area contributed by atoms with Crippen molar-refractivity contribution in [2.75, 3.05) is 6.54 Å². The molecule has 2 aromatic carbocycles. The predicted octanol–water partition coefficient (Wildman–Crippen LogP) is 5.01. The highest BCUT2D eigenvalue weighted by atomic mass is 32.2. The van der Waals surface area contributed by atoms with Crippen molar-refractivity contribution >= 4 is 29.0 Å². The number of ether oxygens (including phenoxy) is 1. The molecule has 0 atom stereocenters. The minimum absolute atomic E-state index is 0.139. The van der Waals surface area contributed by atoms with Gasteiger partial charge in [0.2, 0.25) is 0 Å². The van der Waals surface area contributed by atoms with Crippen LogP contribution in [0.3, 0.4) is 0 Å². The Morgan fingerprint density at radius 1 is 1.14 bits per heavy atom. The normalized spacial score (nSPS) is 15.0. The maximum atomic E-state index is 13.4. The number of hydrogen-bond donors (Lipinski definition) is 1. The van der Waals surface area contributed by atoms with E-state index in [4.69, 9.17) is 10.00 Å². The van der Waals surface area contributed by atoms with E-state index in [1.165, 1.54) is 30.3 Å². The second kappa shape index (κ2) is 9.55. The molecule has 12 heteroatoms. The van der Waals surface area contributed by atoms with Crippen LogP contribution in [0.1, 0.15) is 16.7 Å². The van der Waals surface area contributed by atoms with E-state index in [1.54, 1.807) is 29.4 Å². The van der Waals surface area contributed by atoms with Crippen LogP contribution in [0.25, 0.3) is 6.08 Å². The number of alkyl halides is 3. The number of imidazole rings is 1. The van der Waals surface area contributed by atoms with E-state index in [0.29, 0.717) is 18.2 Å². The Morgan fingerprint density at radius 2 is 1.91 bits per heavy atom. The monoisotopic (exact) mass is 500 g/mol. The van der Waals surface area contributed by atoms with Gasteiger partial charge in [-0.1, -0.05) is 6.07 Å². The van der Waals surface area contributed by atoms with Gasteiger partial charge in [-0.05, 0) is 53.7 Å². The number of imide groups is 1. The number of rotatable bonds is 6. The number of nitriles is 1. The van der Waals surface area contributed by atoms with Crippen molar-refractivity contribution in [3.05, 3.63) is 76.7 Å². The van der Waals surface area contributed by atoms with Gasteiger partial charge in [0.15, 0.2) is 11.5 Å². The van der Waals surface area contributed by atoms with Crippen LogP contribution >= 0.6 is 11.8 Å². The molecule has 8 nitrogen and oxygen atoms in total. The van der Waals surface area contributed by atoms with Crippen molar-refractivity contribution in [1.82, 2.24) is 14.5 Å². The Balaban J connectivity index is 1.52. The number of nitrogens with zero attached hydrogens (tertiary/aromatic N) is 4. The molecule has 1 aliphatic rings. The molecule has 0 saturated carbocycles. The number of aromatic hydroxyl groups is 1. The second-order valence-corrected chi connectivity index (χ2v) is 8.28. The molecule has 35 heavy (non-hydrogen) atoms. The molecule has 3 aromatic rings. The summed E-state index contributed by atoms with van der Waals surface area (Å²) in [5.41, 5.74) is -1.02. The van der Waals surface area contributed by atoms with Gasteiger partial charge in [0, 0.05) is 25.5 Å². The van der Waals surface area contributed by atoms with E-state index < -0.39 is 34.4 Å². The first-order valence-electron chi connectivity index (χ1n) is 9.99. The fourth-order valence-electron chi connectivity index (χ4n) is 3.22. The van der Waals surface area contributed by atoms with Gasteiger partial charge >= 0.3 is 6.18 Å². The van der Waals surface area contributed by atoms with Crippen molar-refractivity contribution in [1.29, 1.82) is 5.26 Å². The zero-order chi connectivity index (χ0) is 25.2. The second-order valence-electron chi connectivity index (χ2n) is 7.28. The molecule has 1 N–H and O–H groups in total. The molecule has 178 valence electrons. The van der Waals surface area contributed by atoms with E-state index >= 15 is 0 Å². The van der Waals surface area contributed by atoms with E-state index in [0.717, 1.165) is 22.7 Å². The Hall–Kier alpha value is -4.24. The summed E-state index contributed by atoms with van der Waals surface area (Å²) in [5.74, 6) is -1.81. The zero-order valence-corrected chi connectivity index (χ0v) is 18.5. The topological polar surface area (TPSA) is 108 Å². The van der Waals surface area contributed by atoms with Crippen molar-refractivity contribution in [3.63, 3.8) is 0 Å². The van der Waals surface area contributed by atoms with Crippen LogP contribution in [0.15, 0.2) is 60.0 Å². The minimum atomic E-state index is -4.78. The standard InChI is InChI=1S/C23H15F3N4O4S/c24-23(25,26)16-9-15(12-27)2-3-18(16)34-19-4-1-14(10-17(19)31)11-20-21(32)30(22(33)35-20)8-7-29-6-5-28-13-29/h1-6,9-11,13,31H,7-8H2/b20-11-. The average Bonchev–Trinajstić information content (AvgIpc) is 3.42. The molecule has 4 rings (SSSR count). The minimum Gasteiger partial charge on any atom is -0.504 e. The lowest BCUT2D eigenvalue weighted by molar-refractivity contribution is -0.138. The average molecular weight is 500 g/mol. The van der Waals surface area contributed by atoms with Gasteiger partial charge < -0.3 is 14.4 Å². The van der Waals surface area contributed by atoms with E-state index in [-0.39, 0.29) is 22.8 Å². The third kappa shape index (κ3) is 5.30. The molecule has 0 spiro atoms. The number of phenolic OH excluding ortho intramolecular Hbond substituents is 1. The molecule has 0 unspecified atom stereocenters. The number of carbonyl (C=O) groups is 2. The van der Waals surface area contributed by atoms with Crippen LogP contribution in [0.4, 0.5) is 18.0 Å². The molecule has 2 amide bonds. The molecule has 1 saturated heterocycles. The number of aromatic nitrogens is 2. The van der Waals surface area contributed by atoms with Crippen molar-refractivity contribution in [2.45, 2.75) is 12.7 Å². The van der Waals surface area contributed by atoms with Crippen LogP contribution in [0, 0.1) is 11.3 Å². The fourth-order valence-corrected chi connectivity index (χ4v) is 4.08. The van der Waals surface area contributed by atoms with Gasteiger partial charge in [0.25, 0.3) is 11.1 Å². The van der Waals surface area contributed by atoms with Crippen LogP contribution in [0.2, 0.25) is 0 Å². The van der Waals surface area contributed by atoms with E-state index in [9.17, 15) is 27.9 Å². The highest BCUT2D eigenvalue weighted by Gasteiger charge is 2.36. The number of benzene rings is 2. The van der Waals surface area contributed by atoms with Gasteiger partial charge in [0.1, 0.15) is 5.75 Å². The van der Waals surface area contributed by atoms with Crippen LogP contribution in [-0.2, 0) is 17.5 Å². The van der Waals surface area contributed by atoms with Crippen LogP contribution in [-0.4, -0.2) is 37.2 Å². The summed E-state index contributed by atoms with van der Waals surface area (Å²) in [7, 11) is 0. The summed E-state index contributed by atoms with van der Waals surface area (Å²) in [6.45, 7) is 0.538. The highest BCUT2D eigenvalue weighted by Crippen LogP contribution is 2.41. The van der Waals surface area contributed by atoms with Gasteiger partial charge in [0.05, 0.1) is 28.4 Å². The Morgan fingerprint density at radius 3 is 2.57 bits per heavy atom. The third-order valence-corrected chi connectivity index (χ3v) is 5.84. The Labute approximate surface area is 200 Å². The summed E-state index contributed by atoms with van der Waals surface area (Å²) in [6.07, 6.45) is 1.47. The first kappa shape index (κ1) is 23.9. The van der Waals surface area contributed by atoms with Gasteiger partial charge in [-0.3, -0.25) is 14.5 Å². The van der Waals surface area contributed by atoms with Crippen molar-refractivity contribution in [3.8, 4) is 23.3 Å². The van der Waals surface area contributed by atoms with Gasteiger partial charge in [-0.2, -0.15) is 18.4 Å². The lowest BCUT2D eigenvalue weighted by Crippen LogP contribution is -2.31. The Bertz CT molecular complexity index is 1360. The fraction of sp³-hybridized carbons (Fsp3) is 0.130. The lowest BCUT2D eigenvalue weighted by Gasteiger charge is -2.15. The first-order chi connectivity index (χ1) is 16.7. The van der Waals surface area contributed by atoms with E-state index in [1.807, 2.05) is 0 Å². The highest BCUT2D eigenvalue weighted by molar-refractivity contribution is 8.18. The number of amides is 2. The largest absolute Gasteiger partial charge is 0.504 e. The van der Waals surface area contributed by atoms with Crippen LogP contribution < -0.4 is 4.74 Å². The van der Waals surface area contributed by atoms with Crippen LogP contribution in [0.5, 0.6) is 17.2 Å². The summed E-state index contributed by atoms with van der Waals surface area (Å²) < 4.78 is 47.1. The SMILES string of the molecule is N#Cc1ccc(Oc2ccc(/C=C3\SC(=O)N(CCn4ccnc4)C3=O)cc2O)c(C(F)(F)F)c1. The smallest absolute Gasteiger partial charge is 0.420 e. The van der Waals surface area contributed by atoms with Crippen molar-refractivity contribution < 1.29 is 32.6 Å². The summed E-state index contributed by atoms with van der Waals surface area (Å²) >= 11 is 0.744. The molecule has 2 heterocycles. The Kier molecular flexibility index (Phi) is 6.52. The van der Waals surface area contributed by atoms with E-state index in [2.05, 4.69) is 4.98 Å². The summed E-state index contributed by atoms with van der Waals surface area (Å²) in [4.78, 5) is 30.0. The van der Waals surface area contributed by atoms with Crippen molar-refractivity contribution in [2.24, 2.45) is 0 Å². The lowest BCUT2D eigenvalue weighted by atomic mass is 10.1. The number of phenols is 1. The number of halogens is 3. The molecule has 1 fully saturated rings. The maximum Gasteiger partial charge on any atom is 0.420 e. The first-order valence-corrected chi connectivity index (χ1v) is 10.8. The maximum absolute atomic E-state index is 13.4. The third-order valence-electron chi connectivity index (χ3n) is 4.93. The molecule has 0 radical (unpaired) electrons. The van der Waals surface area contributed by atoms with Gasteiger partial charge in [-0.15, -0.1) is 0 Å². The molecule has 1 aliphatic heterocycles. The number of hydrogen-bond acceptors (Lipinski definition) is 7. The molecule has 0 aliphatic carbocycles. The quantitative estimate of drug-likeness (QED) is 0.474.